The highest BCUT2D eigenvalue weighted by Crippen LogP contribution is 2.36. The Balaban J connectivity index is 2.31. The number of aromatic nitrogens is 2. The van der Waals surface area contributed by atoms with Crippen LogP contribution in [-0.2, 0) is 20.4 Å². The Morgan fingerprint density at radius 3 is 2.54 bits per heavy atom. The van der Waals surface area contributed by atoms with Crippen molar-refractivity contribution in [3.05, 3.63) is 34.7 Å². The summed E-state index contributed by atoms with van der Waals surface area (Å²) in [6, 6.07) is 5.47. The molecule has 0 aliphatic carbocycles. The van der Waals surface area contributed by atoms with E-state index in [1.54, 1.807) is 18.8 Å². The minimum absolute atomic E-state index is 0.0897. The zero-order valence-electron chi connectivity index (χ0n) is 17.9. The Morgan fingerprint density at radius 1 is 1.21 bits per heavy atom. The molecule has 7 nitrogen and oxygen atoms in total. The van der Waals surface area contributed by atoms with E-state index in [0.29, 0.717) is 24.4 Å². The molecule has 0 N–H and O–H groups in total. The summed E-state index contributed by atoms with van der Waals surface area (Å²) in [5, 5.41) is 0.0897. The highest BCUT2D eigenvalue weighted by Gasteiger charge is 2.37. The van der Waals surface area contributed by atoms with E-state index < -0.39 is 8.32 Å². The molecule has 0 bridgehead atoms. The van der Waals surface area contributed by atoms with Crippen LogP contribution in [-0.4, -0.2) is 51.6 Å². The van der Waals surface area contributed by atoms with Gasteiger partial charge in [-0.05, 0) is 30.3 Å². The zero-order valence-corrected chi connectivity index (χ0v) is 18.9. The first-order chi connectivity index (χ1) is 13.1. The van der Waals surface area contributed by atoms with Gasteiger partial charge in [0.2, 0.25) is 0 Å². The van der Waals surface area contributed by atoms with Crippen molar-refractivity contribution in [2.24, 2.45) is 0 Å². The summed E-state index contributed by atoms with van der Waals surface area (Å²) >= 11 is 0. The molecule has 2 rings (SSSR count). The van der Waals surface area contributed by atoms with Crippen LogP contribution < -0.4 is 10.3 Å². The van der Waals surface area contributed by atoms with E-state index >= 15 is 0 Å². The van der Waals surface area contributed by atoms with Crippen molar-refractivity contribution in [2.75, 3.05) is 27.6 Å². The van der Waals surface area contributed by atoms with E-state index in [2.05, 4.69) is 38.8 Å². The van der Waals surface area contributed by atoms with Crippen LogP contribution in [0.2, 0.25) is 18.1 Å². The lowest BCUT2D eigenvalue weighted by atomic mass is 10.2. The van der Waals surface area contributed by atoms with Crippen LogP contribution in [0, 0.1) is 0 Å². The molecule has 0 aliphatic heterocycles. The molecule has 156 valence electrons. The van der Waals surface area contributed by atoms with Gasteiger partial charge in [-0.25, -0.2) is 4.98 Å². The normalized spacial score (nSPS) is 13.7. The maximum absolute atomic E-state index is 12.5. The molecule has 0 saturated heterocycles. The maximum Gasteiger partial charge on any atom is 0.269 e. The summed E-state index contributed by atoms with van der Waals surface area (Å²) in [5.41, 5.74) is 1.22. The number of benzene rings is 1. The van der Waals surface area contributed by atoms with Gasteiger partial charge in [0.1, 0.15) is 18.6 Å². The van der Waals surface area contributed by atoms with Gasteiger partial charge in [0.05, 0.1) is 37.5 Å². The predicted molar refractivity (Wildman–Crippen MR) is 112 cm³/mol. The third-order valence-corrected chi connectivity index (χ3v) is 9.80. The third kappa shape index (κ3) is 5.41. The molecular formula is C20H32N2O5Si. The fraction of sp³-hybridized carbons (Fsp3) is 0.600. The predicted octanol–water partition coefficient (Wildman–Crippen LogP) is 3.42. The fourth-order valence-corrected chi connectivity index (χ4v) is 3.53. The van der Waals surface area contributed by atoms with Crippen molar-refractivity contribution in [1.29, 1.82) is 0 Å². The molecule has 0 spiro atoms. The first-order valence-electron chi connectivity index (χ1n) is 9.37. The maximum atomic E-state index is 12.5. The van der Waals surface area contributed by atoms with E-state index in [-0.39, 0.29) is 23.5 Å². The summed E-state index contributed by atoms with van der Waals surface area (Å²) in [6.45, 7) is 11.8. The van der Waals surface area contributed by atoms with Crippen LogP contribution in [0.1, 0.15) is 20.8 Å². The van der Waals surface area contributed by atoms with Gasteiger partial charge in [-0.15, -0.1) is 0 Å². The Morgan fingerprint density at radius 2 is 1.93 bits per heavy atom. The summed E-state index contributed by atoms with van der Waals surface area (Å²) in [4.78, 5) is 16.8. The van der Waals surface area contributed by atoms with Gasteiger partial charge in [-0.2, -0.15) is 0 Å². The second-order valence-electron chi connectivity index (χ2n) is 8.33. The minimum Gasteiger partial charge on any atom is -0.497 e. The average Bonchev–Trinajstić information content (AvgIpc) is 2.64. The summed E-state index contributed by atoms with van der Waals surface area (Å²) in [7, 11) is 1.22. The Kier molecular flexibility index (Phi) is 7.38. The van der Waals surface area contributed by atoms with Gasteiger partial charge in [0.25, 0.3) is 5.56 Å². The van der Waals surface area contributed by atoms with Crippen LogP contribution in [0.15, 0.2) is 29.2 Å². The van der Waals surface area contributed by atoms with Gasteiger partial charge >= 0.3 is 0 Å². The van der Waals surface area contributed by atoms with Crippen molar-refractivity contribution in [3.8, 4) is 5.75 Å². The lowest BCUT2D eigenvalue weighted by molar-refractivity contribution is -0.0900. The highest BCUT2D eigenvalue weighted by molar-refractivity contribution is 6.74. The molecule has 1 unspecified atom stereocenters. The molecule has 0 amide bonds. The van der Waals surface area contributed by atoms with Crippen LogP contribution in [0.4, 0.5) is 0 Å². The van der Waals surface area contributed by atoms with E-state index in [1.807, 2.05) is 18.2 Å². The molecular weight excluding hydrogens is 376 g/mol. The van der Waals surface area contributed by atoms with Gasteiger partial charge in [0, 0.05) is 13.2 Å². The first-order valence-corrected chi connectivity index (χ1v) is 12.3. The first kappa shape index (κ1) is 22.5. The number of hydrogen-bond donors (Lipinski definition) is 0. The topological polar surface area (TPSA) is 71.8 Å². The van der Waals surface area contributed by atoms with Crippen LogP contribution in [0.5, 0.6) is 5.75 Å². The standard InChI is InChI=1S/C20H32N2O5Si/c1-20(2,3)28(6,7)27-13-16(26-14-24-4)12-22-18-10-15(25-5)8-9-17(18)21-11-19(22)23/h8-11,16H,12-14H2,1-7H3. The fourth-order valence-electron chi connectivity index (χ4n) is 2.50. The molecule has 0 radical (unpaired) electrons. The number of rotatable bonds is 9. The second-order valence-corrected chi connectivity index (χ2v) is 13.1. The smallest absolute Gasteiger partial charge is 0.269 e. The minimum atomic E-state index is -1.95. The molecule has 1 atom stereocenters. The van der Waals surface area contributed by atoms with Crippen molar-refractivity contribution in [3.63, 3.8) is 0 Å². The number of fused-ring (bicyclic) bond motifs is 1. The van der Waals surface area contributed by atoms with E-state index in [0.717, 1.165) is 5.52 Å². The molecule has 0 saturated carbocycles. The molecule has 1 heterocycles. The number of methoxy groups -OCH3 is 2. The second kappa shape index (κ2) is 9.17. The van der Waals surface area contributed by atoms with E-state index in [9.17, 15) is 4.79 Å². The molecule has 1 aromatic carbocycles. The summed E-state index contributed by atoms with van der Waals surface area (Å²) in [6.07, 6.45) is 1.00. The molecule has 0 fully saturated rings. The van der Waals surface area contributed by atoms with Crippen LogP contribution >= 0.6 is 0 Å². The summed E-state index contributed by atoms with van der Waals surface area (Å²) in [5.74, 6) is 0.667. The number of hydrogen-bond acceptors (Lipinski definition) is 6. The van der Waals surface area contributed by atoms with Crippen molar-refractivity contribution in [1.82, 2.24) is 9.55 Å². The zero-order chi connectivity index (χ0) is 20.9. The number of nitrogens with zero attached hydrogens (tertiary/aromatic N) is 2. The molecule has 1 aromatic heterocycles. The van der Waals surface area contributed by atoms with Gasteiger partial charge < -0.3 is 23.2 Å². The lowest BCUT2D eigenvalue weighted by Crippen LogP contribution is -2.44. The summed E-state index contributed by atoms with van der Waals surface area (Å²) < 4.78 is 24.2. The van der Waals surface area contributed by atoms with Crippen molar-refractivity contribution in [2.45, 2.75) is 51.6 Å². The third-order valence-electron chi connectivity index (χ3n) is 5.30. The molecule has 2 aromatic rings. The average molecular weight is 409 g/mol. The van der Waals surface area contributed by atoms with E-state index in [1.165, 1.54) is 6.20 Å². The molecule has 0 aliphatic rings. The van der Waals surface area contributed by atoms with Gasteiger partial charge in [0.15, 0.2) is 8.32 Å². The monoisotopic (exact) mass is 408 g/mol. The van der Waals surface area contributed by atoms with Gasteiger partial charge in [-0.3, -0.25) is 4.79 Å². The van der Waals surface area contributed by atoms with Crippen molar-refractivity contribution >= 4 is 19.4 Å². The Bertz CT molecular complexity index is 845. The quantitative estimate of drug-likeness (QED) is 0.468. The van der Waals surface area contributed by atoms with Crippen LogP contribution in [0.3, 0.4) is 0 Å². The van der Waals surface area contributed by atoms with Crippen LogP contribution in [0.25, 0.3) is 11.0 Å². The molecule has 28 heavy (non-hydrogen) atoms. The van der Waals surface area contributed by atoms with Gasteiger partial charge in [-0.1, -0.05) is 20.8 Å². The Labute approximate surface area is 167 Å². The molecule has 8 heteroatoms. The highest BCUT2D eigenvalue weighted by atomic mass is 28.4. The Hall–Kier alpha value is -1.74. The van der Waals surface area contributed by atoms with Crippen molar-refractivity contribution < 1.29 is 18.6 Å². The number of ether oxygens (including phenoxy) is 3. The SMILES string of the molecule is COCOC(CO[Si](C)(C)C(C)(C)C)Cn1c(=O)cnc2ccc(OC)cc21. The lowest BCUT2D eigenvalue weighted by Gasteiger charge is -2.37. The largest absolute Gasteiger partial charge is 0.497 e. The van der Waals surface area contributed by atoms with E-state index in [4.69, 9.17) is 18.6 Å².